The van der Waals surface area contributed by atoms with Crippen molar-refractivity contribution in [1.82, 2.24) is 0 Å². The molecule has 25 heavy (non-hydrogen) atoms. The van der Waals surface area contributed by atoms with Crippen molar-refractivity contribution < 1.29 is 0 Å². The maximum Gasteiger partial charge on any atom is 0.0789 e. The Hall–Kier alpha value is -2.41. The molecule has 1 nitrogen and oxygen atoms in total. The topological polar surface area (TPSA) is 12.4 Å². The van der Waals surface area contributed by atoms with E-state index in [1.165, 1.54) is 38.6 Å². The highest BCUT2D eigenvalue weighted by Crippen LogP contribution is 2.39. The van der Waals surface area contributed by atoms with E-state index < -0.39 is 0 Å². The fourth-order valence-electron chi connectivity index (χ4n) is 3.98. The Kier molecular flexibility index (Phi) is 3.57. The number of aryl methyl sites for hydroxylation is 2. The van der Waals surface area contributed by atoms with Crippen LogP contribution < -0.4 is 0 Å². The molecule has 0 saturated carbocycles. The SMILES string of the molecule is Cc1cc(C)cc(C2=Nc3cccc4cc(CC(C)(C)C)cc2c34)c1. The van der Waals surface area contributed by atoms with Gasteiger partial charge in [0.05, 0.1) is 11.4 Å². The van der Waals surface area contributed by atoms with Gasteiger partial charge in [-0.2, -0.15) is 0 Å². The lowest BCUT2D eigenvalue weighted by Gasteiger charge is -2.19. The minimum atomic E-state index is 0.272. The van der Waals surface area contributed by atoms with E-state index in [4.69, 9.17) is 4.99 Å². The zero-order chi connectivity index (χ0) is 17.8. The average Bonchev–Trinajstić information content (AvgIpc) is 2.85. The molecule has 1 aliphatic heterocycles. The van der Waals surface area contributed by atoms with E-state index >= 15 is 0 Å². The van der Waals surface area contributed by atoms with Crippen molar-refractivity contribution in [3.8, 4) is 0 Å². The first kappa shape index (κ1) is 16.1. The van der Waals surface area contributed by atoms with Gasteiger partial charge in [0.2, 0.25) is 0 Å². The lowest BCUT2D eigenvalue weighted by atomic mass is 9.85. The van der Waals surface area contributed by atoms with Crippen molar-refractivity contribution in [2.45, 2.75) is 41.0 Å². The number of rotatable bonds is 2. The first-order chi connectivity index (χ1) is 11.8. The number of hydrogen-bond donors (Lipinski definition) is 0. The van der Waals surface area contributed by atoms with E-state index in [1.807, 2.05) is 0 Å². The maximum absolute atomic E-state index is 5.00. The van der Waals surface area contributed by atoms with Gasteiger partial charge < -0.3 is 0 Å². The van der Waals surface area contributed by atoms with Gasteiger partial charge in [-0.15, -0.1) is 0 Å². The second-order valence-corrected chi connectivity index (χ2v) is 8.59. The lowest BCUT2D eigenvalue weighted by molar-refractivity contribution is 0.411. The van der Waals surface area contributed by atoms with Crippen LogP contribution in [0.3, 0.4) is 0 Å². The first-order valence-electron chi connectivity index (χ1n) is 9.04. The van der Waals surface area contributed by atoms with Gasteiger partial charge in [-0.1, -0.05) is 56.2 Å². The van der Waals surface area contributed by atoms with Gasteiger partial charge in [0.15, 0.2) is 0 Å². The molecule has 126 valence electrons. The van der Waals surface area contributed by atoms with Crippen molar-refractivity contribution in [3.05, 3.63) is 76.3 Å². The summed E-state index contributed by atoms with van der Waals surface area (Å²) in [5, 5.41) is 2.60. The Morgan fingerprint density at radius 1 is 0.880 bits per heavy atom. The Balaban J connectivity index is 1.93. The number of hydrogen-bond acceptors (Lipinski definition) is 1. The summed E-state index contributed by atoms with van der Waals surface area (Å²) >= 11 is 0. The fourth-order valence-corrected chi connectivity index (χ4v) is 3.98. The maximum atomic E-state index is 5.00. The van der Waals surface area contributed by atoms with Crippen LogP contribution in [-0.4, -0.2) is 5.71 Å². The molecular weight excluding hydrogens is 302 g/mol. The van der Waals surface area contributed by atoms with Gasteiger partial charge in [-0.25, -0.2) is 4.99 Å². The summed E-state index contributed by atoms with van der Waals surface area (Å²) in [6.07, 6.45) is 1.07. The van der Waals surface area contributed by atoms with Crippen LogP contribution in [0.15, 0.2) is 53.5 Å². The highest BCUT2D eigenvalue weighted by atomic mass is 14.8. The molecule has 0 atom stereocenters. The molecule has 0 N–H and O–H groups in total. The fraction of sp³-hybridized carbons (Fsp3) is 0.292. The average molecular weight is 327 g/mol. The number of nitrogens with zero attached hydrogens (tertiary/aromatic N) is 1. The molecule has 0 saturated heterocycles. The predicted molar refractivity (Wildman–Crippen MR) is 108 cm³/mol. The molecule has 1 heterocycles. The molecule has 0 radical (unpaired) electrons. The third kappa shape index (κ3) is 3.00. The zero-order valence-corrected chi connectivity index (χ0v) is 15.8. The van der Waals surface area contributed by atoms with Gasteiger partial charge in [0.1, 0.15) is 0 Å². The molecule has 0 aliphatic carbocycles. The summed E-state index contributed by atoms with van der Waals surface area (Å²) < 4.78 is 0. The van der Waals surface area contributed by atoms with E-state index in [0.717, 1.165) is 17.8 Å². The van der Waals surface area contributed by atoms with Crippen molar-refractivity contribution in [1.29, 1.82) is 0 Å². The van der Waals surface area contributed by atoms with Gasteiger partial charge >= 0.3 is 0 Å². The van der Waals surface area contributed by atoms with Crippen molar-refractivity contribution in [2.24, 2.45) is 10.4 Å². The van der Waals surface area contributed by atoms with Crippen LogP contribution in [0.2, 0.25) is 0 Å². The van der Waals surface area contributed by atoms with E-state index in [-0.39, 0.29) is 5.41 Å². The molecule has 4 rings (SSSR count). The quantitative estimate of drug-likeness (QED) is 0.397. The standard InChI is InChI=1S/C24H25N/c1-15-9-16(2)11-19(10-15)23-20-13-17(14-24(3,4)5)12-18-7-6-8-21(25-23)22(18)20/h6-13H,14H2,1-5H3. The van der Waals surface area contributed by atoms with E-state index in [9.17, 15) is 0 Å². The second-order valence-electron chi connectivity index (χ2n) is 8.59. The van der Waals surface area contributed by atoms with Crippen LogP contribution in [0.1, 0.15) is 48.6 Å². The molecule has 1 heteroatoms. The third-order valence-corrected chi connectivity index (χ3v) is 4.73. The smallest absolute Gasteiger partial charge is 0.0789 e. The lowest BCUT2D eigenvalue weighted by Crippen LogP contribution is -2.10. The summed E-state index contributed by atoms with van der Waals surface area (Å²) in [5.74, 6) is 0. The molecule has 0 spiro atoms. The van der Waals surface area contributed by atoms with Crippen LogP contribution in [0, 0.1) is 19.3 Å². The minimum Gasteiger partial charge on any atom is -0.247 e. The Morgan fingerprint density at radius 2 is 1.60 bits per heavy atom. The summed E-state index contributed by atoms with van der Waals surface area (Å²) in [6, 6.07) is 17.9. The van der Waals surface area contributed by atoms with Crippen LogP contribution >= 0.6 is 0 Å². The minimum absolute atomic E-state index is 0.272. The Morgan fingerprint density at radius 3 is 2.28 bits per heavy atom. The highest BCUT2D eigenvalue weighted by molar-refractivity contribution is 6.26. The van der Waals surface area contributed by atoms with Crippen molar-refractivity contribution in [2.75, 3.05) is 0 Å². The molecule has 0 bridgehead atoms. The van der Waals surface area contributed by atoms with Gasteiger partial charge in [0, 0.05) is 16.5 Å². The zero-order valence-electron chi connectivity index (χ0n) is 15.8. The molecular formula is C24H25N. The summed E-state index contributed by atoms with van der Waals surface area (Å²) in [6.45, 7) is 11.2. The molecule has 0 amide bonds. The van der Waals surface area contributed by atoms with Gasteiger partial charge in [-0.05, 0) is 60.9 Å². The number of aliphatic imine (C=N–C) groups is 1. The molecule has 3 aromatic rings. The first-order valence-corrected chi connectivity index (χ1v) is 9.04. The molecule has 3 aromatic carbocycles. The molecule has 1 aliphatic rings. The van der Waals surface area contributed by atoms with Crippen LogP contribution in [0.5, 0.6) is 0 Å². The van der Waals surface area contributed by atoms with E-state index in [1.54, 1.807) is 0 Å². The molecule has 0 aromatic heterocycles. The Bertz CT molecular complexity index is 996. The van der Waals surface area contributed by atoms with Gasteiger partial charge in [0.25, 0.3) is 0 Å². The second kappa shape index (κ2) is 5.56. The highest BCUT2D eigenvalue weighted by Gasteiger charge is 2.22. The van der Waals surface area contributed by atoms with Crippen LogP contribution in [0.4, 0.5) is 5.69 Å². The Labute approximate surface area is 150 Å². The predicted octanol–water partition coefficient (Wildman–Crippen LogP) is 6.53. The molecule has 0 fully saturated rings. The van der Waals surface area contributed by atoms with Crippen molar-refractivity contribution in [3.63, 3.8) is 0 Å². The molecule has 0 unspecified atom stereocenters. The third-order valence-electron chi connectivity index (χ3n) is 4.73. The summed E-state index contributed by atoms with van der Waals surface area (Å²) in [4.78, 5) is 5.00. The van der Waals surface area contributed by atoms with E-state index in [0.29, 0.717) is 0 Å². The van der Waals surface area contributed by atoms with E-state index in [2.05, 4.69) is 83.1 Å². The monoisotopic (exact) mass is 327 g/mol. The van der Waals surface area contributed by atoms with Gasteiger partial charge in [-0.3, -0.25) is 0 Å². The van der Waals surface area contributed by atoms with Crippen LogP contribution in [-0.2, 0) is 6.42 Å². The van der Waals surface area contributed by atoms with Crippen LogP contribution in [0.25, 0.3) is 10.8 Å². The normalized spacial score (nSPS) is 13.4. The summed E-state index contributed by atoms with van der Waals surface area (Å²) in [7, 11) is 0. The van der Waals surface area contributed by atoms with Crippen molar-refractivity contribution >= 4 is 22.2 Å². The largest absolute Gasteiger partial charge is 0.247 e. The summed E-state index contributed by atoms with van der Waals surface area (Å²) in [5.41, 5.74) is 8.98. The number of benzene rings is 3.